The fraction of sp³-hybridized carbons (Fsp3) is 0.385. The molecule has 0 aliphatic heterocycles. The molecule has 0 spiro atoms. The first kappa shape index (κ1) is 13.4. The number of benzene rings is 1. The summed E-state index contributed by atoms with van der Waals surface area (Å²) in [4.78, 5) is 2.15. The monoisotopic (exact) mass is 261 g/mol. The molecule has 6 heteroatoms. The van der Waals surface area contributed by atoms with Crippen molar-refractivity contribution in [1.29, 1.82) is 0 Å². The van der Waals surface area contributed by atoms with Crippen molar-refractivity contribution in [3.63, 3.8) is 0 Å². The molecular weight excluding hydrogens is 242 g/mol. The van der Waals surface area contributed by atoms with E-state index in [1.165, 1.54) is 0 Å². The first-order chi connectivity index (χ1) is 9.22. The molecule has 6 nitrogen and oxygen atoms in total. The molecule has 0 unspecified atom stereocenters. The van der Waals surface area contributed by atoms with E-state index in [-0.39, 0.29) is 0 Å². The summed E-state index contributed by atoms with van der Waals surface area (Å²) in [6.45, 7) is 2.02. The van der Waals surface area contributed by atoms with Crippen molar-refractivity contribution in [1.82, 2.24) is 15.0 Å². The Balaban J connectivity index is 1.94. The largest absolute Gasteiger partial charge is 0.497 e. The van der Waals surface area contributed by atoms with Crippen LogP contribution in [0, 0.1) is 0 Å². The van der Waals surface area contributed by atoms with Gasteiger partial charge in [-0.2, -0.15) is 0 Å². The summed E-state index contributed by atoms with van der Waals surface area (Å²) in [5, 5.41) is 7.98. The minimum absolute atomic E-state index is 0.422. The second-order valence-corrected chi connectivity index (χ2v) is 4.30. The van der Waals surface area contributed by atoms with Crippen LogP contribution >= 0.6 is 0 Å². The van der Waals surface area contributed by atoms with Crippen LogP contribution in [0.2, 0.25) is 0 Å². The first-order valence-corrected chi connectivity index (χ1v) is 6.17. The van der Waals surface area contributed by atoms with Gasteiger partial charge in [-0.15, -0.1) is 5.10 Å². The third kappa shape index (κ3) is 3.45. The van der Waals surface area contributed by atoms with Gasteiger partial charge in [0.05, 0.1) is 19.3 Å². The van der Waals surface area contributed by atoms with Gasteiger partial charge in [0.2, 0.25) is 0 Å². The Bertz CT molecular complexity index is 525. The second kappa shape index (κ2) is 6.19. The fourth-order valence-electron chi connectivity index (χ4n) is 1.77. The van der Waals surface area contributed by atoms with Gasteiger partial charge in [-0.1, -0.05) is 11.3 Å². The summed E-state index contributed by atoms with van der Waals surface area (Å²) < 4.78 is 7.02. The van der Waals surface area contributed by atoms with Gasteiger partial charge in [0.1, 0.15) is 5.75 Å². The van der Waals surface area contributed by atoms with E-state index in [9.17, 15) is 0 Å². The van der Waals surface area contributed by atoms with Crippen molar-refractivity contribution in [2.75, 3.05) is 25.6 Å². The number of methoxy groups -OCH3 is 1. The Kier molecular flexibility index (Phi) is 4.35. The number of aromatic nitrogens is 3. The van der Waals surface area contributed by atoms with E-state index in [2.05, 4.69) is 21.3 Å². The molecule has 0 atom stereocenters. The van der Waals surface area contributed by atoms with Crippen LogP contribution < -0.4 is 15.4 Å². The molecule has 2 rings (SSSR count). The summed E-state index contributed by atoms with van der Waals surface area (Å²) >= 11 is 0. The van der Waals surface area contributed by atoms with Crippen molar-refractivity contribution in [3.05, 3.63) is 36.2 Å². The van der Waals surface area contributed by atoms with Crippen LogP contribution in [0.5, 0.6) is 5.75 Å². The topological polar surface area (TPSA) is 69.2 Å². The van der Waals surface area contributed by atoms with Crippen LogP contribution in [0.4, 0.5) is 5.69 Å². The van der Waals surface area contributed by atoms with Crippen LogP contribution in [0.3, 0.4) is 0 Å². The third-order valence-electron chi connectivity index (χ3n) is 2.95. The van der Waals surface area contributed by atoms with Crippen molar-refractivity contribution in [3.8, 4) is 5.75 Å². The molecule has 102 valence electrons. The number of nitrogens with zero attached hydrogens (tertiary/aromatic N) is 4. The Morgan fingerprint density at radius 3 is 2.95 bits per heavy atom. The Hall–Kier alpha value is -2.08. The molecule has 2 aromatic rings. The van der Waals surface area contributed by atoms with Gasteiger partial charge in [-0.3, -0.25) is 4.68 Å². The Morgan fingerprint density at radius 2 is 2.26 bits per heavy atom. The number of hydrogen-bond donors (Lipinski definition) is 1. The van der Waals surface area contributed by atoms with Crippen molar-refractivity contribution in [2.24, 2.45) is 5.73 Å². The molecule has 2 N–H and O–H groups in total. The molecule has 0 amide bonds. The zero-order chi connectivity index (χ0) is 13.7. The van der Waals surface area contributed by atoms with Gasteiger partial charge in [0.15, 0.2) is 0 Å². The average molecular weight is 261 g/mol. The summed E-state index contributed by atoms with van der Waals surface area (Å²) in [5.41, 5.74) is 7.42. The minimum Gasteiger partial charge on any atom is -0.497 e. The number of rotatable bonds is 6. The number of anilines is 1. The minimum atomic E-state index is 0.422. The summed E-state index contributed by atoms with van der Waals surface area (Å²) in [6.07, 6.45) is 1.87. The molecule has 0 radical (unpaired) electrons. The molecule has 0 aliphatic rings. The first-order valence-electron chi connectivity index (χ1n) is 6.17. The van der Waals surface area contributed by atoms with E-state index < -0.39 is 0 Å². The van der Waals surface area contributed by atoms with Crippen molar-refractivity contribution in [2.45, 2.75) is 13.1 Å². The van der Waals surface area contributed by atoms with Crippen LogP contribution in [0.25, 0.3) is 0 Å². The highest BCUT2D eigenvalue weighted by Crippen LogP contribution is 2.19. The summed E-state index contributed by atoms with van der Waals surface area (Å²) in [7, 11) is 3.71. The van der Waals surface area contributed by atoms with E-state index in [1.54, 1.807) is 11.8 Å². The quantitative estimate of drug-likeness (QED) is 0.836. The number of ether oxygens (including phenoxy) is 1. The molecule has 0 fully saturated rings. The molecule has 19 heavy (non-hydrogen) atoms. The predicted molar refractivity (Wildman–Crippen MR) is 74.2 cm³/mol. The van der Waals surface area contributed by atoms with Gasteiger partial charge >= 0.3 is 0 Å². The average Bonchev–Trinajstić information content (AvgIpc) is 2.93. The second-order valence-electron chi connectivity index (χ2n) is 4.30. The van der Waals surface area contributed by atoms with Crippen LogP contribution in [-0.4, -0.2) is 35.7 Å². The molecular formula is C13H19N5O. The smallest absolute Gasteiger partial charge is 0.120 e. The lowest BCUT2D eigenvalue weighted by Gasteiger charge is -2.19. The molecule has 1 heterocycles. The van der Waals surface area contributed by atoms with Crippen LogP contribution in [-0.2, 0) is 13.1 Å². The van der Waals surface area contributed by atoms with Crippen LogP contribution in [0.1, 0.15) is 5.69 Å². The molecule has 0 bridgehead atoms. The van der Waals surface area contributed by atoms with E-state index in [0.29, 0.717) is 6.54 Å². The lowest BCUT2D eigenvalue weighted by molar-refractivity contribution is 0.415. The lowest BCUT2D eigenvalue weighted by atomic mass is 10.3. The summed E-state index contributed by atoms with van der Waals surface area (Å²) in [6, 6.07) is 7.97. The molecule has 0 saturated heterocycles. The maximum atomic E-state index is 5.50. The van der Waals surface area contributed by atoms with E-state index in [4.69, 9.17) is 10.5 Å². The lowest BCUT2D eigenvalue weighted by Crippen LogP contribution is -2.22. The van der Waals surface area contributed by atoms with E-state index >= 15 is 0 Å². The van der Waals surface area contributed by atoms with Crippen molar-refractivity contribution >= 4 is 5.69 Å². The van der Waals surface area contributed by atoms with Crippen molar-refractivity contribution < 1.29 is 4.74 Å². The van der Waals surface area contributed by atoms with Gasteiger partial charge in [0, 0.05) is 38.1 Å². The molecule has 1 aromatic heterocycles. The third-order valence-corrected chi connectivity index (χ3v) is 2.95. The highest BCUT2D eigenvalue weighted by Gasteiger charge is 2.04. The SMILES string of the molecule is COc1cccc(N(C)CCn2cc(CN)nn2)c1. The Morgan fingerprint density at radius 1 is 1.42 bits per heavy atom. The predicted octanol–water partition coefficient (Wildman–Crippen LogP) is 0.882. The maximum Gasteiger partial charge on any atom is 0.120 e. The zero-order valence-electron chi connectivity index (χ0n) is 11.3. The van der Waals surface area contributed by atoms with Gasteiger partial charge < -0.3 is 15.4 Å². The highest BCUT2D eigenvalue weighted by molar-refractivity contribution is 5.49. The molecule has 0 saturated carbocycles. The fourth-order valence-corrected chi connectivity index (χ4v) is 1.77. The standard InChI is InChI=1S/C13H19N5O/c1-17(12-4-3-5-13(8-12)19-2)6-7-18-10-11(9-14)15-16-18/h3-5,8,10H,6-7,9,14H2,1-2H3. The summed E-state index contributed by atoms with van der Waals surface area (Å²) in [5.74, 6) is 0.857. The zero-order valence-corrected chi connectivity index (χ0v) is 11.3. The normalized spacial score (nSPS) is 10.5. The van der Waals surface area contributed by atoms with E-state index in [1.807, 2.05) is 31.4 Å². The number of likely N-dealkylation sites (N-methyl/N-ethyl adjacent to an activating group) is 1. The van der Waals surface area contributed by atoms with Crippen LogP contribution in [0.15, 0.2) is 30.5 Å². The van der Waals surface area contributed by atoms with Gasteiger partial charge in [-0.05, 0) is 12.1 Å². The molecule has 0 aliphatic carbocycles. The Labute approximate surface area is 112 Å². The number of nitrogens with two attached hydrogens (primary N) is 1. The van der Waals surface area contributed by atoms with Gasteiger partial charge in [-0.25, -0.2) is 0 Å². The van der Waals surface area contributed by atoms with Gasteiger partial charge in [0.25, 0.3) is 0 Å². The van der Waals surface area contributed by atoms with E-state index in [0.717, 1.165) is 30.2 Å². The number of hydrogen-bond acceptors (Lipinski definition) is 5. The molecule has 1 aromatic carbocycles. The maximum absolute atomic E-state index is 5.50. The highest BCUT2D eigenvalue weighted by atomic mass is 16.5.